The van der Waals surface area contributed by atoms with Crippen molar-refractivity contribution in [1.29, 1.82) is 0 Å². The Hall–Kier alpha value is -1.09. The van der Waals surface area contributed by atoms with Gasteiger partial charge in [0, 0.05) is 6.54 Å². The summed E-state index contributed by atoms with van der Waals surface area (Å²) in [5.74, 6) is 0. The SMILES string of the molecule is CCn1cncc1C=CCO. The Bertz CT molecular complexity index is 240. The first-order valence-electron chi connectivity index (χ1n) is 3.66. The van der Waals surface area contributed by atoms with Gasteiger partial charge in [-0.15, -0.1) is 0 Å². The number of imidazole rings is 1. The first-order valence-corrected chi connectivity index (χ1v) is 3.66. The number of hydrogen-bond acceptors (Lipinski definition) is 2. The van der Waals surface area contributed by atoms with Gasteiger partial charge in [-0.3, -0.25) is 0 Å². The van der Waals surface area contributed by atoms with Crippen molar-refractivity contribution in [2.75, 3.05) is 6.61 Å². The minimum Gasteiger partial charge on any atom is -0.392 e. The number of nitrogens with zero attached hydrogens (tertiary/aromatic N) is 2. The first-order chi connectivity index (χ1) is 5.38. The maximum Gasteiger partial charge on any atom is 0.0950 e. The lowest BCUT2D eigenvalue weighted by molar-refractivity contribution is 0.343. The van der Waals surface area contributed by atoms with Crippen LogP contribution in [0.3, 0.4) is 0 Å². The van der Waals surface area contributed by atoms with Crippen LogP contribution in [0.15, 0.2) is 18.6 Å². The Labute approximate surface area is 66.0 Å². The Balaban J connectivity index is 2.76. The van der Waals surface area contributed by atoms with E-state index >= 15 is 0 Å². The van der Waals surface area contributed by atoms with Gasteiger partial charge in [0.25, 0.3) is 0 Å². The molecule has 0 aliphatic carbocycles. The molecular weight excluding hydrogens is 140 g/mol. The summed E-state index contributed by atoms with van der Waals surface area (Å²) in [5.41, 5.74) is 1.03. The van der Waals surface area contributed by atoms with Crippen LogP contribution >= 0.6 is 0 Å². The van der Waals surface area contributed by atoms with Crippen molar-refractivity contribution in [1.82, 2.24) is 9.55 Å². The summed E-state index contributed by atoms with van der Waals surface area (Å²) in [6, 6.07) is 0. The first kappa shape index (κ1) is 8.01. The Morgan fingerprint density at radius 2 is 2.55 bits per heavy atom. The molecular formula is C8H12N2O. The molecule has 1 rings (SSSR count). The lowest BCUT2D eigenvalue weighted by Crippen LogP contribution is -1.93. The summed E-state index contributed by atoms with van der Waals surface area (Å²) in [5, 5.41) is 8.51. The molecule has 0 amide bonds. The minimum atomic E-state index is 0.0783. The Morgan fingerprint density at radius 3 is 3.18 bits per heavy atom. The molecule has 0 aromatic carbocycles. The van der Waals surface area contributed by atoms with Crippen molar-refractivity contribution in [3.8, 4) is 0 Å². The van der Waals surface area contributed by atoms with E-state index in [9.17, 15) is 0 Å². The van der Waals surface area contributed by atoms with Crippen LogP contribution in [0.4, 0.5) is 0 Å². The molecule has 3 nitrogen and oxygen atoms in total. The fourth-order valence-electron chi connectivity index (χ4n) is 0.907. The zero-order valence-electron chi connectivity index (χ0n) is 6.57. The summed E-state index contributed by atoms with van der Waals surface area (Å²) in [4.78, 5) is 3.98. The highest BCUT2D eigenvalue weighted by Crippen LogP contribution is 2.00. The second-order valence-corrected chi connectivity index (χ2v) is 2.19. The third-order valence-electron chi connectivity index (χ3n) is 1.48. The van der Waals surface area contributed by atoms with Crippen LogP contribution in [-0.4, -0.2) is 21.3 Å². The standard InChI is InChI=1S/C8H12N2O/c1-2-10-7-9-6-8(10)4-3-5-11/h3-4,6-7,11H,2,5H2,1H3. The van der Waals surface area contributed by atoms with E-state index in [-0.39, 0.29) is 6.61 Å². The second kappa shape index (κ2) is 3.93. The lowest BCUT2D eigenvalue weighted by Gasteiger charge is -1.97. The van der Waals surface area contributed by atoms with E-state index in [1.54, 1.807) is 18.6 Å². The average molecular weight is 152 g/mol. The smallest absolute Gasteiger partial charge is 0.0950 e. The maximum atomic E-state index is 8.51. The van der Waals surface area contributed by atoms with Crippen molar-refractivity contribution in [3.05, 3.63) is 24.3 Å². The van der Waals surface area contributed by atoms with Crippen LogP contribution in [0, 0.1) is 0 Å². The summed E-state index contributed by atoms with van der Waals surface area (Å²) in [6.07, 6.45) is 7.10. The van der Waals surface area contributed by atoms with Crippen LogP contribution in [-0.2, 0) is 6.54 Å². The van der Waals surface area contributed by atoms with Gasteiger partial charge < -0.3 is 9.67 Å². The molecule has 3 heteroatoms. The number of rotatable bonds is 3. The van der Waals surface area contributed by atoms with Gasteiger partial charge in [0.05, 0.1) is 24.8 Å². The Kier molecular flexibility index (Phi) is 2.86. The van der Waals surface area contributed by atoms with Crippen LogP contribution in [0.5, 0.6) is 0 Å². The van der Waals surface area contributed by atoms with E-state index in [4.69, 9.17) is 5.11 Å². The molecule has 0 radical (unpaired) electrons. The zero-order chi connectivity index (χ0) is 8.10. The molecule has 1 heterocycles. The maximum absolute atomic E-state index is 8.51. The topological polar surface area (TPSA) is 38.0 Å². The van der Waals surface area contributed by atoms with Gasteiger partial charge in [0.2, 0.25) is 0 Å². The van der Waals surface area contributed by atoms with Crippen LogP contribution in [0.1, 0.15) is 12.6 Å². The molecule has 0 aliphatic rings. The van der Waals surface area contributed by atoms with Gasteiger partial charge in [-0.2, -0.15) is 0 Å². The molecule has 1 aromatic heterocycles. The summed E-state index contributed by atoms with van der Waals surface area (Å²) < 4.78 is 2.01. The van der Waals surface area contributed by atoms with Gasteiger partial charge in [0.1, 0.15) is 0 Å². The lowest BCUT2D eigenvalue weighted by atomic mass is 10.4. The fraction of sp³-hybridized carbons (Fsp3) is 0.375. The van der Waals surface area contributed by atoms with Crippen molar-refractivity contribution < 1.29 is 5.11 Å². The van der Waals surface area contributed by atoms with Gasteiger partial charge in [-0.05, 0) is 13.0 Å². The van der Waals surface area contributed by atoms with E-state index in [1.807, 2.05) is 10.6 Å². The summed E-state index contributed by atoms with van der Waals surface area (Å²) in [6.45, 7) is 3.04. The van der Waals surface area contributed by atoms with E-state index in [0.29, 0.717) is 0 Å². The predicted octanol–water partition coefficient (Wildman–Crippen LogP) is 0.908. The molecule has 0 atom stereocenters. The molecule has 0 bridgehead atoms. The Morgan fingerprint density at radius 1 is 1.73 bits per heavy atom. The van der Waals surface area contributed by atoms with Gasteiger partial charge in [-0.1, -0.05) is 6.08 Å². The normalized spacial score (nSPS) is 11.1. The summed E-state index contributed by atoms with van der Waals surface area (Å²) >= 11 is 0. The molecule has 1 aromatic rings. The number of hydrogen-bond donors (Lipinski definition) is 1. The zero-order valence-corrected chi connectivity index (χ0v) is 6.57. The molecule has 0 saturated carbocycles. The monoisotopic (exact) mass is 152 g/mol. The number of aryl methyl sites for hydroxylation is 1. The second-order valence-electron chi connectivity index (χ2n) is 2.19. The van der Waals surface area contributed by atoms with E-state index in [0.717, 1.165) is 12.2 Å². The van der Waals surface area contributed by atoms with Crippen molar-refractivity contribution in [3.63, 3.8) is 0 Å². The molecule has 60 valence electrons. The molecule has 0 unspecified atom stereocenters. The highest BCUT2D eigenvalue weighted by Gasteiger charge is 1.92. The minimum absolute atomic E-state index is 0.0783. The highest BCUT2D eigenvalue weighted by atomic mass is 16.2. The third-order valence-corrected chi connectivity index (χ3v) is 1.48. The van der Waals surface area contributed by atoms with Gasteiger partial charge >= 0.3 is 0 Å². The van der Waals surface area contributed by atoms with Gasteiger partial charge in [0.15, 0.2) is 0 Å². The molecule has 0 spiro atoms. The predicted molar refractivity (Wildman–Crippen MR) is 44.0 cm³/mol. The van der Waals surface area contributed by atoms with E-state index in [2.05, 4.69) is 11.9 Å². The summed E-state index contributed by atoms with van der Waals surface area (Å²) in [7, 11) is 0. The van der Waals surface area contributed by atoms with Crippen LogP contribution in [0.25, 0.3) is 6.08 Å². The largest absolute Gasteiger partial charge is 0.392 e. The van der Waals surface area contributed by atoms with Crippen molar-refractivity contribution in [2.45, 2.75) is 13.5 Å². The molecule has 0 saturated heterocycles. The van der Waals surface area contributed by atoms with Crippen molar-refractivity contribution >= 4 is 6.08 Å². The van der Waals surface area contributed by atoms with Crippen molar-refractivity contribution in [2.24, 2.45) is 0 Å². The van der Waals surface area contributed by atoms with Crippen LogP contribution < -0.4 is 0 Å². The molecule has 11 heavy (non-hydrogen) atoms. The van der Waals surface area contributed by atoms with Crippen LogP contribution in [0.2, 0.25) is 0 Å². The van der Waals surface area contributed by atoms with E-state index in [1.165, 1.54) is 0 Å². The average Bonchev–Trinajstić information content (AvgIpc) is 2.47. The van der Waals surface area contributed by atoms with Gasteiger partial charge in [-0.25, -0.2) is 4.98 Å². The fourth-order valence-corrected chi connectivity index (χ4v) is 0.907. The highest BCUT2D eigenvalue weighted by molar-refractivity contribution is 5.43. The quantitative estimate of drug-likeness (QED) is 0.699. The van der Waals surface area contributed by atoms with E-state index < -0.39 is 0 Å². The number of aliphatic hydroxyl groups is 1. The molecule has 1 N–H and O–H groups in total. The third kappa shape index (κ3) is 1.91. The number of aromatic nitrogens is 2. The molecule has 0 fully saturated rings. The molecule has 0 aliphatic heterocycles. The number of aliphatic hydroxyl groups excluding tert-OH is 1.